The lowest BCUT2D eigenvalue weighted by molar-refractivity contribution is 0.560. The molecule has 0 fully saturated rings. The van der Waals surface area contributed by atoms with Crippen molar-refractivity contribution in [3.63, 3.8) is 0 Å². The minimum atomic E-state index is 0.774. The fourth-order valence-corrected chi connectivity index (χ4v) is 1.36. The topological polar surface area (TPSA) is 25.5 Å². The van der Waals surface area contributed by atoms with Gasteiger partial charge < -0.3 is 4.42 Å². The molecule has 0 spiro atoms. The Morgan fingerprint density at radius 3 is 2.80 bits per heavy atom. The van der Waals surface area contributed by atoms with Gasteiger partial charge in [0.15, 0.2) is 0 Å². The molecule has 0 unspecified atom stereocenters. The van der Waals surface area contributed by atoms with Gasteiger partial charge >= 0.3 is 0 Å². The predicted molar refractivity (Wildman–Crippen MR) is 61.9 cm³/mol. The molecule has 2 heteroatoms. The quantitative estimate of drug-likeness (QED) is 0.678. The molecule has 0 aliphatic heterocycles. The highest BCUT2D eigenvalue weighted by molar-refractivity contribution is 5.79. The monoisotopic (exact) mass is 199 g/mol. The number of hydrogen-bond donors (Lipinski definition) is 0. The van der Waals surface area contributed by atoms with Crippen LogP contribution in [0.4, 0.5) is 5.69 Å². The molecule has 1 aromatic carbocycles. The van der Waals surface area contributed by atoms with Gasteiger partial charge in [-0.05, 0) is 43.2 Å². The number of aliphatic imine (C=N–C) groups is 1. The van der Waals surface area contributed by atoms with Gasteiger partial charge in [0.25, 0.3) is 0 Å². The van der Waals surface area contributed by atoms with E-state index in [1.807, 2.05) is 19.1 Å². The van der Waals surface area contributed by atoms with Crippen LogP contribution in [0.25, 0.3) is 0 Å². The van der Waals surface area contributed by atoms with Gasteiger partial charge in [0.1, 0.15) is 5.76 Å². The third kappa shape index (κ3) is 2.34. The van der Waals surface area contributed by atoms with E-state index in [1.165, 1.54) is 11.1 Å². The highest BCUT2D eigenvalue weighted by Crippen LogP contribution is 2.19. The minimum absolute atomic E-state index is 0.774. The van der Waals surface area contributed by atoms with E-state index in [0.29, 0.717) is 0 Å². The summed E-state index contributed by atoms with van der Waals surface area (Å²) in [6.07, 6.45) is 3.38. The zero-order chi connectivity index (χ0) is 10.7. The Kier molecular flexibility index (Phi) is 2.68. The molecule has 0 aliphatic carbocycles. The molecule has 0 N–H and O–H groups in total. The van der Waals surface area contributed by atoms with Crippen molar-refractivity contribution in [3.05, 3.63) is 53.5 Å². The lowest BCUT2D eigenvalue weighted by Gasteiger charge is -2.00. The Hall–Kier alpha value is -1.83. The first kappa shape index (κ1) is 9.71. The second-order valence-electron chi connectivity index (χ2n) is 3.56. The van der Waals surface area contributed by atoms with Crippen molar-refractivity contribution in [2.75, 3.05) is 0 Å². The molecule has 1 heterocycles. The second kappa shape index (κ2) is 4.13. The highest BCUT2D eigenvalue weighted by Gasteiger charge is 1.96. The molecule has 76 valence electrons. The molecule has 0 atom stereocenters. The molecule has 0 saturated carbocycles. The summed E-state index contributed by atoms with van der Waals surface area (Å²) in [4.78, 5) is 4.39. The molecule has 0 bridgehead atoms. The van der Waals surface area contributed by atoms with Crippen molar-refractivity contribution >= 4 is 11.9 Å². The summed E-state index contributed by atoms with van der Waals surface area (Å²) in [5, 5.41) is 0. The molecule has 2 aromatic rings. The first-order valence-electron chi connectivity index (χ1n) is 4.90. The fraction of sp³-hybridized carbons (Fsp3) is 0.154. The van der Waals surface area contributed by atoms with Crippen LogP contribution in [0.2, 0.25) is 0 Å². The minimum Gasteiger partial charge on any atom is -0.463 e. The fourth-order valence-electron chi connectivity index (χ4n) is 1.36. The second-order valence-corrected chi connectivity index (χ2v) is 3.56. The molecule has 0 radical (unpaired) electrons. The van der Waals surface area contributed by atoms with Gasteiger partial charge in [-0.1, -0.05) is 12.1 Å². The van der Waals surface area contributed by atoms with Crippen LogP contribution in [0.5, 0.6) is 0 Å². The number of nitrogens with zero attached hydrogens (tertiary/aromatic N) is 1. The predicted octanol–water partition coefficient (Wildman–Crippen LogP) is 3.65. The molecule has 1 aromatic heterocycles. The van der Waals surface area contributed by atoms with Gasteiger partial charge in [-0.15, -0.1) is 0 Å². The standard InChI is InChI=1S/C13H13NO/c1-10-5-6-11(2)13(8-10)14-9-12-4-3-7-15-12/h3-9H,1-2H3. The molecular weight excluding hydrogens is 186 g/mol. The van der Waals surface area contributed by atoms with Gasteiger partial charge in [0.2, 0.25) is 0 Å². The first-order valence-corrected chi connectivity index (χ1v) is 4.90. The van der Waals surface area contributed by atoms with Crippen LogP contribution in [0.1, 0.15) is 16.9 Å². The van der Waals surface area contributed by atoms with Crippen molar-refractivity contribution in [3.8, 4) is 0 Å². The van der Waals surface area contributed by atoms with Gasteiger partial charge in [0.05, 0.1) is 18.2 Å². The third-order valence-corrected chi connectivity index (χ3v) is 2.24. The number of rotatable bonds is 2. The summed E-state index contributed by atoms with van der Waals surface area (Å²) in [5.41, 5.74) is 3.38. The Morgan fingerprint density at radius 2 is 2.07 bits per heavy atom. The maximum Gasteiger partial charge on any atom is 0.144 e. The van der Waals surface area contributed by atoms with E-state index in [-0.39, 0.29) is 0 Å². The molecule has 0 saturated heterocycles. The van der Waals surface area contributed by atoms with Crippen molar-refractivity contribution in [2.45, 2.75) is 13.8 Å². The van der Waals surface area contributed by atoms with Crippen LogP contribution >= 0.6 is 0 Å². The number of benzene rings is 1. The van der Waals surface area contributed by atoms with E-state index < -0.39 is 0 Å². The smallest absolute Gasteiger partial charge is 0.144 e. The summed E-state index contributed by atoms with van der Waals surface area (Å²) in [7, 11) is 0. The average molecular weight is 199 g/mol. The van der Waals surface area contributed by atoms with Gasteiger partial charge in [-0.2, -0.15) is 0 Å². The molecule has 0 aliphatic rings. The Balaban J connectivity index is 2.27. The van der Waals surface area contributed by atoms with E-state index in [0.717, 1.165) is 11.4 Å². The van der Waals surface area contributed by atoms with Crippen LogP contribution in [0, 0.1) is 13.8 Å². The van der Waals surface area contributed by atoms with Crippen molar-refractivity contribution < 1.29 is 4.42 Å². The van der Waals surface area contributed by atoms with E-state index in [2.05, 4.69) is 30.1 Å². The van der Waals surface area contributed by atoms with E-state index in [9.17, 15) is 0 Å². The van der Waals surface area contributed by atoms with Crippen LogP contribution in [-0.4, -0.2) is 6.21 Å². The first-order chi connectivity index (χ1) is 7.25. The summed E-state index contributed by atoms with van der Waals surface area (Å²) in [6.45, 7) is 4.11. The molecular formula is C13H13NO. The SMILES string of the molecule is Cc1ccc(C)c(N=Cc2ccco2)c1. The van der Waals surface area contributed by atoms with Gasteiger partial charge in [0, 0.05) is 0 Å². The highest BCUT2D eigenvalue weighted by atomic mass is 16.3. The lowest BCUT2D eigenvalue weighted by Crippen LogP contribution is -1.79. The molecule has 2 rings (SSSR count). The summed E-state index contributed by atoms with van der Waals surface area (Å²) >= 11 is 0. The molecule has 0 amide bonds. The molecule has 2 nitrogen and oxygen atoms in total. The normalized spacial score (nSPS) is 11.1. The maximum absolute atomic E-state index is 5.18. The summed E-state index contributed by atoms with van der Waals surface area (Å²) in [6, 6.07) is 9.96. The van der Waals surface area contributed by atoms with Crippen molar-refractivity contribution in [1.82, 2.24) is 0 Å². The summed E-state index contributed by atoms with van der Waals surface area (Å²) < 4.78 is 5.18. The van der Waals surface area contributed by atoms with Crippen LogP contribution in [0.3, 0.4) is 0 Å². The van der Waals surface area contributed by atoms with Gasteiger partial charge in [-0.25, -0.2) is 0 Å². The van der Waals surface area contributed by atoms with Gasteiger partial charge in [-0.3, -0.25) is 4.99 Å². The Bertz CT molecular complexity index is 469. The maximum atomic E-state index is 5.18. The average Bonchev–Trinajstić information content (AvgIpc) is 2.72. The lowest BCUT2D eigenvalue weighted by atomic mass is 10.1. The molecule has 15 heavy (non-hydrogen) atoms. The van der Waals surface area contributed by atoms with E-state index in [4.69, 9.17) is 4.42 Å². The van der Waals surface area contributed by atoms with Crippen molar-refractivity contribution in [2.24, 2.45) is 4.99 Å². The number of aryl methyl sites for hydroxylation is 2. The van der Waals surface area contributed by atoms with Crippen molar-refractivity contribution in [1.29, 1.82) is 0 Å². The zero-order valence-corrected chi connectivity index (χ0v) is 8.90. The Labute approximate surface area is 89.3 Å². The van der Waals surface area contributed by atoms with Crippen LogP contribution in [0.15, 0.2) is 46.0 Å². The van der Waals surface area contributed by atoms with E-state index in [1.54, 1.807) is 12.5 Å². The summed E-state index contributed by atoms with van der Waals surface area (Å²) in [5.74, 6) is 0.774. The van der Waals surface area contributed by atoms with E-state index >= 15 is 0 Å². The zero-order valence-electron chi connectivity index (χ0n) is 8.90. The number of furan rings is 1. The number of hydrogen-bond acceptors (Lipinski definition) is 2. The van der Waals surface area contributed by atoms with Crippen LogP contribution in [-0.2, 0) is 0 Å². The third-order valence-electron chi connectivity index (χ3n) is 2.24. The largest absolute Gasteiger partial charge is 0.463 e. The van der Waals surface area contributed by atoms with Crippen LogP contribution < -0.4 is 0 Å². The Morgan fingerprint density at radius 1 is 1.20 bits per heavy atom.